The van der Waals surface area contributed by atoms with Crippen molar-refractivity contribution in [2.24, 2.45) is 11.7 Å². The molecule has 6 aliphatic rings. The van der Waals surface area contributed by atoms with E-state index in [0.29, 0.717) is 31.8 Å². The summed E-state index contributed by atoms with van der Waals surface area (Å²) in [6.07, 6.45) is 3.52. The summed E-state index contributed by atoms with van der Waals surface area (Å²) in [6.45, 7) is 1.80. The zero-order chi connectivity index (χ0) is 28.5. The summed E-state index contributed by atoms with van der Waals surface area (Å²) in [5, 5.41) is 45.3. The first kappa shape index (κ1) is 27.8. The first-order valence-electron chi connectivity index (χ1n) is 15.3. The van der Waals surface area contributed by atoms with Gasteiger partial charge in [-0.05, 0) is 76.2 Å². The average Bonchev–Trinajstić information content (AvgIpc) is 3.29. The van der Waals surface area contributed by atoms with Crippen LogP contribution >= 0.6 is 0 Å². The molecule has 12 heteroatoms. The molecule has 0 amide bonds. The molecule has 1 aromatic rings. The van der Waals surface area contributed by atoms with Gasteiger partial charge in [0.05, 0.1) is 60.7 Å². The zero-order valence-corrected chi connectivity index (χ0v) is 24.0. The number of hydrogen-bond donors (Lipinski definition) is 7. The second kappa shape index (κ2) is 10.6. The monoisotopic (exact) mass is 567 g/mol. The third-order valence-corrected chi connectivity index (χ3v) is 10.6. The van der Waals surface area contributed by atoms with E-state index in [1.54, 1.807) is 0 Å². The van der Waals surface area contributed by atoms with E-state index < -0.39 is 24.5 Å². The van der Waals surface area contributed by atoms with Crippen LogP contribution in [0.3, 0.4) is 0 Å². The minimum Gasteiger partial charge on any atom is -0.387 e. The van der Waals surface area contributed by atoms with Crippen LogP contribution in [0.5, 0.6) is 0 Å². The predicted octanol–water partition coefficient (Wildman–Crippen LogP) is -0.323. The lowest BCUT2D eigenvalue weighted by Gasteiger charge is -2.44. The Morgan fingerprint density at radius 2 is 1.90 bits per heavy atom. The lowest BCUT2D eigenvalue weighted by molar-refractivity contribution is -0.128. The van der Waals surface area contributed by atoms with Crippen molar-refractivity contribution in [3.63, 3.8) is 0 Å². The second-order valence-electron chi connectivity index (χ2n) is 13.3. The third-order valence-electron chi connectivity index (χ3n) is 10.6. The maximum Gasteiger partial charge on any atom is 0.142 e. The van der Waals surface area contributed by atoms with Crippen molar-refractivity contribution in [2.45, 2.75) is 99.1 Å². The summed E-state index contributed by atoms with van der Waals surface area (Å²) in [5.74, 6) is 0.679. The van der Waals surface area contributed by atoms with E-state index in [4.69, 9.17) is 10.5 Å². The van der Waals surface area contributed by atoms with Gasteiger partial charge in [0.25, 0.3) is 0 Å². The van der Waals surface area contributed by atoms with Crippen molar-refractivity contribution in [1.29, 1.82) is 5.26 Å². The van der Waals surface area contributed by atoms with E-state index in [-0.39, 0.29) is 30.0 Å². The number of ether oxygens (including phenoxy) is 1. The topological polar surface area (TPSA) is 157 Å². The average molecular weight is 568 g/mol. The minimum atomic E-state index is -0.969. The summed E-state index contributed by atoms with van der Waals surface area (Å²) >= 11 is 0. The molecule has 12 nitrogen and oxygen atoms in total. The maximum atomic E-state index is 11.0. The first-order valence-corrected chi connectivity index (χ1v) is 15.3. The summed E-state index contributed by atoms with van der Waals surface area (Å²) < 4.78 is 6.33. The van der Waals surface area contributed by atoms with Crippen LogP contribution < -0.4 is 27.0 Å². The molecule has 41 heavy (non-hydrogen) atoms. The molecule has 224 valence electrons. The molecule has 2 saturated carbocycles. The van der Waals surface area contributed by atoms with E-state index in [0.717, 1.165) is 55.5 Å². The fraction of sp³-hybridized carbons (Fsp3) is 0.759. The van der Waals surface area contributed by atoms with Crippen molar-refractivity contribution in [3.05, 3.63) is 23.8 Å². The van der Waals surface area contributed by atoms with E-state index in [1.807, 2.05) is 7.05 Å². The summed E-state index contributed by atoms with van der Waals surface area (Å²) in [5.41, 5.74) is 9.39. The molecule has 3 saturated heterocycles. The van der Waals surface area contributed by atoms with Gasteiger partial charge in [0.1, 0.15) is 24.5 Å². The third kappa shape index (κ3) is 4.91. The lowest BCUT2D eigenvalue weighted by atomic mass is 9.76. The molecule has 0 aromatic heterocycles. The molecule has 8 atom stereocenters. The maximum absolute atomic E-state index is 11.0. The number of likely N-dealkylation sites (N-methyl/N-ethyl adjacent to an activating group) is 2. The van der Waals surface area contributed by atoms with Gasteiger partial charge in [0.15, 0.2) is 0 Å². The van der Waals surface area contributed by atoms with Crippen molar-refractivity contribution >= 4 is 11.4 Å². The van der Waals surface area contributed by atoms with Crippen molar-refractivity contribution in [1.82, 2.24) is 25.3 Å². The quantitative estimate of drug-likeness (QED) is 0.220. The van der Waals surface area contributed by atoms with E-state index >= 15 is 0 Å². The fourth-order valence-corrected chi connectivity index (χ4v) is 7.68. The highest BCUT2D eigenvalue weighted by Gasteiger charge is 2.53. The number of nitrogens with zero attached hydrogens (tertiary/aromatic N) is 4. The largest absolute Gasteiger partial charge is 0.387 e. The highest BCUT2D eigenvalue weighted by molar-refractivity contribution is 5.76. The molecule has 0 bridgehead atoms. The van der Waals surface area contributed by atoms with Gasteiger partial charge in [0.2, 0.25) is 0 Å². The molecule has 1 aromatic carbocycles. The van der Waals surface area contributed by atoms with E-state index in [2.05, 4.69) is 67.3 Å². The summed E-state index contributed by atoms with van der Waals surface area (Å²) in [6, 6.07) is 9.35. The Hall–Kier alpha value is -2.05. The summed E-state index contributed by atoms with van der Waals surface area (Å²) in [4.78, 5) is 6.55. The Bertz CT molecular complexity index is 1170. The number of aliphatic hydroxyl groups is 2. The zero-order valence-electron chi connectivity index (χ0n) is 24.0. The normalized spacial score (nSPS) is 41.3. The molecule has 4 unspecified atom stereocenters. The number of fused-ring (bicyclic) bond motifs is 2. The Labute approximate surface area is 242 Å². The number of aliphatic hydroxyl groups excluding tert-OH is 2. The molecular weight excluding hydrogens is 522 g/mol. The number of anilines is 2. The lowest BCUT2D eigenvalue weighted by Crippen LogP contribution is -2.68. The van der Waals surface area contributed by atoms with Gasteiger partial charge in [-0.15, -0.1) is 0 Å². The molecule has 4 aliphatic heterocycles. The SMILES string of the molecule is CN(C[C@H]1O[C@@H](N2CNC3C(N)NCN(C)C32)[C@H](O)[C@@H]1O)C1CC(CCC2Nc3ccc(C4(C#N)CC4)cc3N2)C1. The Kier molecular flexibility index (Phi) is 7.17. The van der Waals surface area contributed by atoms with Crippen LogP contribution in [-0.2, 0) is 10.2 Å². The number of hydrogen-bond acceptors (Lipinski definition) is 12. The van der Waals surface area contributed by atoms with Gasteiger partial charge >= 0.3 is 0 Å². The van der Waals surface area contributed by atoms with Crippen molar-refractivity contribution < 1.29 is 14.9 Å². The Morgan fingerprint density at radius 3 is 2.66 bits per heavy atom. The molecule has 5 fully saturated rings. The smallest absolute Gasteiger partial charge is 0.142 e. The highest BCUT2D eigenvalue weighted by Crippen LogP contribution is 2.49. The molecular formula is C29H45N9O3. The van der Waals surface area contributed by atoms with Crippen molar-refractivity contribution in [2.75, 3.05) is 44.6 Å². The van der Waals surface area contributed by atoms with Gasteiger partial charge in [-0.1, -0.05) is 6.07 Å². The molecule has 0 radical (unpaired) electrons. The van der Waals surface area contributed by atoms with Gasteiger partial charge < -0.3 is 36.2 Å². The van der Waals surface area contributed by atoms with E-state index in [1.165, 1.54) is 0 Å². The fourth-order valence-electron chi connectivity index (χ4n) is 7.68. The van der Waals surface area contributed by atoms with Gasteiger partial charge in [-0.25, -0.2) is 4.90 Å². The molecule has 4 heterocycles. The highest BCUT2D eigenvalue weighted by atomic mass is 16.6. The van der Waals surface area contributed by atoms with Gasteiger partial charge in [-0.3, -0.25) is 15.5 Å². The van der Waals surface area contributed by atoms with Crippen LogP contribution in [0.15, 0.2) is 18.2 Å². The van der Waals surface area contributed by atoms with Crippen LogP contribution in [0.1, 0.15) is 44.1 Å². The molecule has 8 N–H and O–H groups in total. The number of nitrogens with two attached hydrogens (primary N) is 1. The number of benzene rings is 1. The second-order valence-corrected chi connectivity index (χ2v) is 13.3. The Balaban J connectivity index is 0.864. The predicted molar refractivity (Wildman–Crippen MR) is 154 cm³/mol. The number of nitrogens with one attached hydrogen (secondary N) is 4. The summed E-state index contributed by atoms with van der Waals surface area (Å²) in [7, 11) is 4.13. The molecule has 2 aliphatic carbocycles. The minimum absolute atomic E-state index is 0.00644. The standard InChI is InChI=1S/C29H45N9O3/c1-36(12-21-24(39)25(40)28(41-21)38-15-32-23-26(31)33-14-37(2)27(23)38)18-9-16(10-18)3-6-22-34-19-5-4-17(11-20(19)35-22)29(13-30)7-8-29/h4-5,11,16,18,21-28,32-35,39-40H,3,6-10,12,14-15,31H2,1-2H3/t16?,18?,21-,22?,23?,24-,25-,26?,27?,28-/m1/s1. The van der Waals surface area contributed by atoms with Gasteiger partial charge in [-0.2, -0.15) is 5.26 Å². The van der Waals surface area contributed by atoms with Crippen molar-refractivity contribution in [3.8, 4) is 6.07 Å². The number of nitriles is 1. The van der Waals surface area contributed by atoms with Gasteiger partial charge in [0, 0.05) is 12.6 Å². The first-order chi connectivity index (χ1) is 19.8. The van der Waals surface area contributed by atoms with Crippen LogP contribution in [0.4, 0.5) is 11.4 Å². The van der Waals surface area contributed by atoms with Crippen LogP contribution in [0.25, 0.3) is 0 Å². The van der Waals surface area contributed by atoms with Crippen LogP contribution in [0.2, 0.25) is 0 Å². The van der Waals surface area contributed by atoms with E-state index in [9.17, 15) is 15.5 Å². The Morgan fingerprint density at radius 1 is 1.12 bits per heavy atom. The molecule has 0 spiro atoms. The molecule has 7 rings (SSSR count). The van der Waals surface area contributed by atoms with Crippen LogP contribution in [-0.4, -0.2) is 114 Å². The number of rotatable bonds is 8. The van der Waals surface area contributed by atoms with Crippen LogP contribution in [0, 0.1) is 17.2 Å².